The van der Waals surface area contributed by atoms with Gasteiger partial charge in [0.25, 0.3) is 0 Å². The van der Waals surface area contributed by atoms with Crippen LogP contribution in [-0.4, -0.2) is 39.4 Å². The lowest BCUT2D eigenvalue weighted by Gasteiger charge is -2.21. The molecule has 0 saturated heterocycles. The highest BCUT2D eigenvalue weighted by atomic mass is 15.6. The van der Waals surface area contributed by atoms with Crippen molar-refractivity contribution in [1.29, 1.82) is 0 Å². The quantitative estimate of drug-likeness (QED) is 0.775. The van der Waals surface area contributed by atoms with Gasteiger partial charge < -0.3 is 4.90 Å². The number of fused-ring (bicyclic) bond motifs is 1. The molecule has 0 spiro atoms. The SMILES string of the molecule is CCN(CC)c1ccc(N=C2C(C(C)(C)C)=Nn3nc(C(C)C)nc32)cc1. The summed E-state index contributed by atoms with van der Waals surface area (Å²) in [6.45, 7) is 16.9. The van der Waals surface area contributed by atoms with Crippen LogP contribution >= 0.6 is 0 Å². The van der Waals surface area contributed by atoms with Gasteiger partial charge in [0.15, 0.2) is 5.82 Å². The van der Waals surface area contributed by atoms with Crippen molar-refractivity contribution in [3.63, 3.8) is 0 Å². The Kier molecular flexibility index (Phi) is 5.18. The fourth-order valence-corrected chi connectivity index (χ4v) is 3.09. The lowest BCUT2D eigenvalue weighted by atomic mass is 9.87. The molecule has 6 heteroatoms. The number of aromatic nitrogens is 3. The molecule has 0 fully saturated rings. The maximum absolute atomic E-state index is 4.92. The second kappa shape index (κ2) is 7.25. The number of hydrogen-bond donors (Lipinski definition) is 0. The van der Waals surface area contributed by atoms with Gasteiger partial charge in [0.2, 0.25) is 5.82 Å². The first-order valence-electron chi connectivity index (χ1n) is 9.75. The van der Waals surface area contributed by atoms with E-state index in [0.29, 0.717) is 0 Å². The molecule has 3 rings (SSSR count). The van der Waals surface area contributed by atoms with E-state index in [1.54, 1.807) is 4.79 Å². The summed E-state index contributed by atoms with van der Waals surface area (Å²) in [4.78, 5) is 13.6. The summed E-state index contributed by atoms with van der Waals surface area (Å²) in [5, 5.41) is 9.23. The van der Waals surface area contributed by atoms with Crippen LogP contribution in [0.1, 0.15) is 66.0 Å². The van der Waals surface area contributed by atoms with Crippen molar-refractivity contribution in [2.45, 2.75) is 54.4 Å². The Labute approximate surface area is 162 Å². The first-order chi connectivity index (χ1) is 12.7. The van der Waals surface area contributed by atoms with Crippen LogP contribution in [0.2, 0.25) is 0 Å². The van der Waals surface area contributed by atoms with E-state index in [0.717, 1.165) is 41.8 Å². The number of rotatable bonds is 5. The van der Waals surface area contributed by atoms with Crippen LogP contribution in [-0.2, 0) is 0 Å². The molecular formula is C21H30N6. The minimum absolute atomic E-state index is 0.139. The molecule has 1 aliphatic heterocycles. The van der Waals surface area contributed by atoms with Crippen molar-refractivity contribution in [2.24, 2.45) is 15.5 Å². The zero-order valence-electron chi connectivity index (χ0n) is 17.5. The van der Waals surface area contributed by atoms with Gasteiger partial charge in [0.1, 0.15) is 5.71 Å². The van der Waals surface area contributed by atoms with Gasteiger partial charge in [-0.15, -0.1) is 9.89 Å². The Morgan fingerprint density at radius 1 is 1.07 bits per heavy atom. The van der Waals surface area contributed by atoms with E-state index in [-0.39, 0.29) is 11.3 Å². The molecule has 27 heavy (non-hydrogen) atoms. The molecule has 0 aliphatic carbocycles. The summed E-state index contributed by atoms with van der Waals surface area (Å²) >= 11 is 0. The third kappa shape index (κ3) is 3.80. The van der Waals surface area contributed by atoms with E-state index in [2.05, 4.69) is 82.7 Å². The van der Waals surface area contributed by atoms with Gasteiger partial charge in [0.05, 0.1) is 11.4 Å². The average molecular weight is 367 g/mol. The highest BCUT2D eigenvalue weighted by molar-refractivity contribution is 6.50. The number of nitrogens with zero attached hydrogens (tertiary/aromatic N) is 6. The van der Waals surface area contributed by atoms with Gasteiger partial charge in [-0.3, -0.25) is 0 Å². The maximum Gasteiger partial charge on any atom is 0.204 e. The van der Waals surface area contributed by atoms with Crippen LogP contribution in [0.5, 0.6) is 0 Å². The van der Waals surface area contributed by atoms with Gasteiger partial charge in [-0.2, -0.15) is 5.10 Å². The predicted octanol–water partition coefficient (Wildman–Crippen LogP) is 4.63. The van der Waals surface area contributed by atoms with E-state index in [9.17, 15) is 0 Å². The second-order valence-electron chi connectivity index (χ2n) is 8.19. The van der Waals surface area contributed by atoms with Crippen molar-refractivity contribution in [1.82, 2.24) is 14.9 Å². The molecule has 0 amide bonds. The van der Waals surface area contributed by atoms with Crippen LogP contribution in [0, 0.1) is 5.41 Å². The number of benzene rings is 1. The van der Waals surface area contributed by atoms with Gasteiger partial charge in [-0.1, -0.05) is 34.6 Å². The summed E-state index contributed by atoms with van der Waals surface area (Å²) in [6.07, 6.45) is 0. The molecule has 0 bridgehead atoms. The lowest BCUT2D eigenvalue weighted by Crippen LogP contribution is -2.27. The van der Waals surface area contributed by atoms with Crippen molar-refractivity contribution >= 4 is 22.8 Å². The van der Waals surface area contributed by atoms with E-state index in [1.165, 1.54) is 5.69 Å². The predicted molar refractivity (Wildman–Crippen MR) is 113 cm³/mol. The third-order valence-electron chi connectivity index (χ3n) is 4.68. The van der Waals surface area contributed by atoms with Crippen LogP contribution in [0.3, 0.4) is 0 Å². The summed E-state index contributed by atoms with van der Waals surface area (Å²) < 4.78 is 0. The fourth-order valence-electron chi connectivity index (χ4n) is 3.09. The van der Waals surface area contributed by atoms with Crippen molar-refractivity contribution in [2.75, 3.05) is 18.0 Å². The second-order valence-corrected chi connectivity index (χ2v) is 8.19. The number of aliphatic imine (C=N–C) groups is 1. The standard InChI is InChI=1S/C21H30N6/c1-8-26(9-2)16-12-10-15(11-13-16)22-17-18(21(5,6)7)24-27-20(17)23-19(25-27)14(3)4/h10-14H,8-9H2,1-7H3. The summed E-state index contributed by atoms with van der Waals surface area (Å²) in [7, 11) is 0. The zero-order valence-corrected chi connectivity index (χ0v) is 17.5. The summed E-state index contributed by atoms with van der Waals surface area (Å²) in [6, 6.07) is 8.37. The number of anilines is 1. The third-order valence-corrected chi connectivity index (χ3v) is 4.68. The van der Waals surface area contributed by atoms with Crippen molar-refractivity contribution < 1.29 is 0 Å². The highest BCUT2D eigenvalue weighted by Crippen LogP contribution is 2.28. The minimum atomic E-state index is -0.139. The van der Waals surface area contributed by atoms with Crippen molar-refractivity contribution in [3.8, 4) is 0 Å². The molecule has 0 N–H and O–H groups in total. The number of hydrogen-bond acceptors (Lipinski definition) is 5. The van der Waals surface area contributed by atoms with E-state index >= 15 is 0 Å². The Morgan fingerprint density at radius 2 is 1.70 bits per heavy atom. The molecule has 1 aromatic carbocycles. The molecule has 6 nitrogen and oxygen atoms in total. The molecule has 1 aromatic heterocycles. The molecular weight excluding hydrogens is 336 g/mol. The first-order valence-corrected chi connectivity index (χ1v) is 9.75. The molecule has 0 atom stereocenters. The Hall–Kier alpha value is -2.50. The summed E-state index contributed by atoms with van der Waals surface area (Å²) in [5.41, 5.74) is 3.71. The van der Waals surface area contributed by atoms with Crippen LogP contribution < -0.4 is 4.90 Å². The molecule has 1 aliphatic rings. The highest BCUT2D eigenvalue weighted by Gasteiger charge is 2.34. The van der Waals surface area contributed by atoms with Gasteiger partial charge >= 0.3 is 0 Å². The molecule has 0 radical (unpaired) electrons. The molecule has 0 unspecified atom stereocenters. The zero-order chi connectivity index (χ0) is 19.8. The van der Waals surface area contributed by atoms with Crippen LogP contribution in [0.15, 0.2) is 34.4 Å². The van der Waals surface area contributed by atoms with Crippen LogP contribution in [0.25, 0.3) is 0 Å². The lowest BCUT2D eigenvalue weighted by molar-refractivity contribution is 0.588. The first kappa shape index (κ1) is 19.3. The Morgan fingerprint density at radius 3 is 2.22 bits per heavy atom. The van der Waals surface area contributed by atoms with Crippen molar-refractivity contribution in [3.05, 3.63) is 35.9 Å². The fraction of sp³-hybridized carbons (Fsp3) is 0.524. The Bertz CT molecular complexity index is 861. The Balaban J connectivity index is 2.02. The summed E-state index contributed by atoms with van der Waals surface area (Å²) in [5.74, 6) is 1.79. The average Bonchev–Trinajstić information content (AvgIpc) is 3.16. The smallest absolute Gasteiger partial charge is 0.204 e. The minimum Gasteiger partial charge on any atom is -0.372 e. The molecule has 144 valence electrons. The van der Waals surface area contributed by atoms with Gasteiger partial charge in [-0.05, 0) is 38.1 Å². The molecule has 0 saturated carbocycles. The van der Waals surface area contributed by atoms with E-state index in [4.69, 9.17) is 15.1 Å². The largest absolute Gasteiger partial charge is 0.372 e. The molecule has 2 aromatic rings. The normalized spacial score (nSPS) is 15.4. The topological polar surface area (TPSA) is 58.7 Å². The van der Waals surface area contributed by atoms with E-state index < -0.39 is 0 Å². The monoisotopic (exact) mass is 366 g/mol. The van der Waals surface area contributed by atoms with Gasteiger partial charge in [-0.25, -0.2) is 9.98 Å². The van der Waals surface area contributed by atoms with Crippen LogP contribution in [0.4, 0.5) is 11.4 Å². The van der Waals surface area contributed by atoms with Gasteiger partial charge in [0, 0.05) is 30.1 Å². The maximum atomic E-state index is 4.92. The van der Waals surface area contributed by atoms with E-state index in [1.807, 2.05) is 0 Å². The molecule has 2 heterocycles.